The van der Waals surface area contributed by atoms with Crippen molar-refractivity contribution in [2.75, 3.05) is 25.9 Å². The minimum atomic E-state index is 0.141. The second kappa shape index (κ2) is 2.92. The molecule has 0 unspecified atom stereocenters. The molecule has 2 heterocycles. The Hall–Kier alpha value is -0.220. The van der Waals surface area contributed by atoms with Gasteiger partial charge in [0.25, 0.3) is 0 Å². The maximum Gasteiger partial charge on any atom is 0.233 e. The molecule has 68 valence electrons. The molecule has 2 rings (SSSR count). The number of amides is 1. The first kappa shape index (κ1) is 8.38. The van der Waals surface area contributed by atoms with Gasteiger partial charge in [0, 0.05) is 7.05 Å². The molecule has 2 fully saturated rings. The molecule has 4 heteroatoms. The van der Waals surface area contributed by atoms with E-state index >= 15 is 0 Å². The van der Waals surface area contributed by atoms with E-state index < -0.39 is 0 Å². The first-order valence-corrected chi connectivity index (χ1v) is 5.34. The van der Waals surface area contributed by atoms with E-state index in [1.54, 1.807) is 0 Å². The lowest BCUT2D eigenvalue weighted by Gasteiger charge is -2.38. The molecule has 0 aromatic heterocycles. The Bertz CT molecular complexity index is 201. The molecule has 0 atom stereocenters. The van der Waals surface area contributed by atoms with Gasteiger partial charge in [-0.25, -0.2) is 0 Å². The van der Waals surface area contributed by atoms with Crippen molar-refractivity contribution >= 4 is 17.7 Å². The maximum atomic E-state index is 11.3. The molecule has 0 aromatic carbocycles. The van der Waals surface area contributed by atoms with Gasteiger partial charge in [-0.05, 0) is 25.9 Å². The summed E-state index contributed by atoms with van der Waals surface area (Å²) in [5.74, 6) is 0.971. The van der Waals surface area contributed by atoms with E-state index in [0.717, 1.165) is 25.9 Å². The van der Waals surface area contributed by atoms with Crippen LogP contribution >= 0.6 is 11.8 Å². The lowest BCUT2D eigenvalue weighted by atomic mass is 10.0. The first-order chi connectivity index (χ1) is 5.75. The zero-order chi connectivity index (χ0) is 8.60. The fraction of sp³-hybridized carbons (Fsp3) is 0.875. The van der Waals surface area contributed by atoms with Crippen molar-refractivity contribution in [1.82, 2.24) is 10.2 Å². The predicted molar refractivity (Wildman–Crippen MR) is 50.1 cm³/mol. The Morgan fingerprint density at radius 3 is 2.67 bits per heavy atom. The monoisotopic (exact) mass is 186 g/mol. The highest BCUT2D eigenvalue weighted by Gasteiger charge is 2.44. The van der Waals surface area contributed by atoms with Crippen LogP contribution in [0.5, 0.6) is 0 Å². The number of carbonyl (C=O) groups excluding carboxylic acids is 1. The lowest BCUT2D eigenvalue weighted by molar-refractivity contribution is -0.129. The first-order valence-electron chi connectivity index (χ1n) is 4.36. The van der Waals surface area contributed by atoms with E-state index in [4.69, 9.17) is 0 Å². The quantitative estimate of drug-likeness (QED) is 0.589. The summed E-state index contributed by atoms with van der Waals surface area (Å²) < 4.78 is 0. The van der Waals surface area contributed by atoms with Gasteiger partial charge in [-0.1, -0.05) is 0 Å². The Kier molecular flexibility index (Phi) is 2.04. The van der Waals surface area contributed by atoms with Crippen molar-refractivity contribution in [2.24, 2.45) is 0 Å². The number of hydrogen-bond donors (Lipinski definition) is 1. The van der Waals surface area contributed by atoms with Crippen LogP contribution in [0.1, 0.15) is 12.8 Å². The minimum absolute atomic E-state index is 0.141. The molecule has 2 aliphatic heterocycles. The van der Waals surface area contributed by atoms with E-state index in [1.807, 2.05) is 23.7 Å². The van der Waals surface area contributed by atoms with Crippen LogP contribution in [0.2, 0.25) is 0 Å². The number of hydrogen-bond acceptors (Lipinski definition) is 3. The molecule has 0 radical (unpaired) electrons. The van der Waals surface area contributed by atoms with Crippen molar-refractivity contribution in [3.63, 3.8) is 0 Å². The predicted octanol–water partition coefficient (Wildman–Crippen LogP) is 0.271. The van der Waals surface area contributed by atoms with Crippen molar-refractivity contribution < 1.29 is 4.79 Å². The highest BCUT2D eigenvalue weighted by Crippen LogP contribution is 2.41. The highest BCUT2D eigenvalue weighted by molar-refractivity contribution is 8.01. The normalized spacial score (nSPS) is 28.4. The summed E-state index contributed by atoms with van der Waals surface area (Å²) in [6.07, 6.45) is 2.19. The number of rotatable bonds is 0. The Morgan fingerprint density at radius 2 is 2.17 bits per heavy atom. The van der Waals surface area contributed by atoms with Crippen LogP contribution in [0.3, 0.4) is 0 Å². The molecule has 2 saturated heterocycles. The fourth-order valence-corrected chi connectivity index (χ4v) is 3.29. The third-order valence-electron chi connectivity index (χ3n) is 2.83. The van der Waals surface area contributed by atoms with Gasteiger partial charge < -0.3 is 10.2 Å². The third-order valence-corrected chi connectivity index (χ3v) is 4.45. The largest absolute Gasteiger partial charge is 0.330 e. The average molecular weight is 186 g/mol. The molecule has 12 heavy (non-hydrogen) atoms. The Morgan fingerprint density at radius 1 is 1.50 bits per heavy atom. The molecule has 1 spiro atoms. The summed E-state index contributed by atoms with van der Waals surface area (Å²) in [6, 6.07) is 0. The van der Waals surface area contributed by atoms with Crippen LogP contribution in [0.25, 0.3) is 0 Å². The summed E-state index contributed by atoms with van der Waals surface area (Å²) in [5.41, 5.74) is 0. The molecule has 0 aliphatic carbocycles. The summed E-state index contributed by atoms with van der Waals surface area (Å²) in [6.45, 7) is 2.09. The topological polar surface area (TPSA) is 32.3 Å². The van der Waals surface area contributed by atoms with Crippen LogP contribution in [0.4, 0.5) is 0 Å². The summed E-state index contributed by atoms with van der Waals surface area (Å²) in [7, 11) is 1.94. The average Bonchev–Trinajstić information content (AvgIpc) is 2.37. The smallest absolute Gasteiger partial charge is 0.233 e. The maximum absolute atomic E-state index is 11.3. The molecule has 3 nitrogen and oxygen atoms in total. The van der Waals surface area contributed by atoms with Crippen LogP contribution in [0, 0.1) is 0 Å². The second-order valence-electron chi connectivity index (χ2n) is 3.44. The Labute approximate surface area is 76.9 Å². The van der Waals surface area contributed by atoms with Gasteiger partial charge in [0.2, 0.25) is 5.91 Å². The molecular weight excluding hydrogens is 172 g/mol. The number of nitrogens with zero attached hydrogens (tertiary/aromatic N) is 1. The van der Waals surface area contributed by atoms with Crippen molar-refractivity contribution in [1.29, 1.82) is 0 Å². The van der Waals surface area contributed by atoms with Gasteiger partial charge in [0.1, 0.15) is 0 Å². The molecule has 0 bridgehead atoms. The third kappa shape index (κ3) is 1.13. The van der Waals surface area contributed by atoms with Crippen LogP contribution in [-0.4, -0.2) is 41.6 Å². The highest BCUT2D eigenvalue weighted by atomic mass is 32.2. The molecular formula is C8H14N2OS. The number of thioether (sulfide) groups is 1. The standard InChI is InChI=1S/C8H14N2OS/c1-10-7(11)6-12-8(10)2-4-9-5-3-8/h9H,2-6H2,1H3. The second-order valence-corrected chi connectivity index (χ2v) is 4.77. The van der Waals surface area contributed by atoms with Crippen molar-refractivity contribution in [3.8, 4) is 0 Å². The van der Waals surface area contributed by atoms with Crippen molar-refractivity contribution in [3.05, 3.63) is 0 Å². The van der Waals surface area contributed by atoms with Crippen LogP contribution in [0.15, 0.2) is 0 Å². The van der Waals surface area contributed by atoms with E-state index in [-0.39, 0.29) is 4.87 Å². The lowest BCUT2D eigenvalue weighted by Crippen LogP contribution is -2.48. The summed E-state index contributed by atoms with van der Waals surface area (Å²) in [4.78, 5) is 13.4. The van der Waals surface area contributed by atoms with E-state index in [9.17, 15) is 4.79 Å². The minimum Gasteiger partial charge on any atom is -0.330 e. The van der Waals surface area contributed by atoms with Gasteiger partial charge in [-0.3, -0.25) is 4.79 Å². The van der Waals surface area contributed by atoms with E-state index in [2.05, 4.69) is 5.32 Å². The summed E-state index contributed by atoms with van der Waals surface area (Å²) >= 11 is 1.82. The number of carbonyl (C=O) groups is 1. The SMILES string of the molecule is CN1C(=O)CSC12CCNCC2. The fourth-order valence-electron chi connectivity index (χ4n) is 1.91. The zero-order valence-corrected chi connectivity index (χ0v) is 8.12. The Balaban J connectivity index is 2.14. The molecule has 1 amide bonds. The van der Waals surface area contributed by atoms with Gasteiger partial charge >= 0.3 is 0 Å². The molecule has 0 saturated carbocycles. The van der Waals surface area contributed by atoms with Gasteiger partial charge in [0.05, 0.1) is 10.6 Å². The van der Waals surface area contributed by atoms with Gasteiger partial charge in [-0.15, -0.1) is 11.8 Å². The van der Waals surface area contributed by atoms with Crippen LogP contribution < -0.4 is 5.32 Å². The van der Waals surface area contributed by atoms with Crippen LogP contribution in [-0.2, 0) is 4.79 Å². The van der Waals surface area contributed by atoms with Crippen molar-refractivity contribution in [2.45, 2.75) is 17.7 Å². The molecule has 0 aromatic rings. The summed E-state index contributed by atoms with van der Waals surface area (Å²) in [5, 5.41) is 3.32. The molecule has 2 aliphatic rings. The van der Waals surface area contributed by atoms with Gasteiger partial charge in [0.15, 0.2) is 0 Å². The zero-order valence-electron chi connectivity index (χ0n) is 7.30. The number of nitrogens with one attached hydrogen (secondary N) is 1. The van der Waals surface area contributed by atoms with Gasteiger partial charge in [-0.2, -0.15) is 0 Å². The van der Waals surface area contributed by atoms with E-state index in [0.29, 0.717) is 11.7 Å². The number of piperidine rings is 1. The molecule has 1 N–H and O–H groups in total. The van der Waals surface area contributed by atoms with E-state index in [1.165, 1.54) is 0 Å².